The molecule has 7 nitrogen and oxygen atoms in total. The molecule has 1 aromatic carbocycles. The van der Waals surface area contributed by atoms with Gasteiger partial charge in [0.25, 0.3) is 0 Å². The first kappa shape index (κ1) is 17.8. The van der Waals surface area contributed by atoms with E-state index in [-0.39, 0.29) is 30.8 Å². The van der Waals surface area contributed by atoms with Crippen molar-refractivity contribution in [1.29, 1.82) is 0 Å². The van der Waals surface area contributed by atoms with Crippen LogP contribution >= 0.6 is 0 Å². The highest BCUT2D eigenvalue weighted by Gasteiger charge is 2.26. The first-order chi connectivity index (χ1) is 10.4. The molecule has 0 radical (unpaired) electrons. The first-order valence-corrected chi connectivity index (χ1v) is 6.74. The van der Waals surface area contributed by atoms with Gasteiger partial charge in [-0.2, -0.15) is 0 Å². The van der Waals surface area contributed by atoms with Crippen molar-refractivity contribution in [3.8, 4) is 0 Å². The molecule has 0 heterocycles. The van der Waals surface area contributed by atoms with Crippen LogP contribution in [0, 0.1) is 0 Å². The summed E-state index contributed by atoms with van der Waals surface area (Å²) >= 11 is 0. The first-order valence-electron chi connectivity index (χ1n) is 6.74. The van der Waals surface area contributed by atoms with Gasteiger partial charge in [-0.1, -0.05) is 24.3 Å². The van der Waals surface area contributed by atoms with Crippen molar-refractivity contribution in [1.82, 2.24) is 0 Å². The molecule has 0 aliphatic carbocycles. The van der Waals surface area contributed by atoms with Crippen LogP contribution in [0.4, 0.5) is 0 Å². The summed E-state index contributed by atoms with van der Waals surface area (Å²) in [5, 5.41) is 28.0. The number of aliphatic hydroxyl groups is 2. The maximum Gasteiger partial charge on any atom is 0.338 e. The van der Waals surface area contributed by atoms with E-state index in [0.29, 0.717) is 5.56 Å². The molecule has 7 heteroatoms. The summed E-state index contributed by atoms with van der Waals surface area (Å²) in [6.07, 6.45) is -3.57. The van der Waals surface area contributed by atoms with Crippen molar-refractivity contribution in [2.75, 3.05) is 6.61 Å². The summed E-state index contributed by atoms with van der Waals surface area (Å²) in [5.41, 5.74) is 0.540. The standard InChI is InChI=1S/C15H18O7/c1-2-22-15(21)14(20)13(19)10-5-3-9(4-6-10)11(16)7-8-12(17)18/h3-6,13-14,19-20H,2,7-8H2,1H3,(H,17,18). The SMILES string of the molecule is CCOC(=O)C(O)C(O)c1ccc(C(=O)CCC(=O)O)cc1. The minimum atomic E-state index is -1.71. The maximum absolute atomic E-state index is 11.7. The predicted octanol–water partition coefficient (Wildman–Crippen LogP) is 0.692. The second-order valence-corrected chi connectivity index (χ2v) is 4.58. The van der Waals surface area contributed by atoms with Crippen molar-refractivity contribution < 1.29 is 34.4 Å². The number of ketones is 1. The van der Waals surface area contributed by atoms with E-state index < -0.39 is 24.1 Å². The quantitative estimate of drug-likeness (QED) is 0.477. The maximum atomic E-state index is 11.7. The third-order valence-corrected chi connectivity index (χ3v) is 2.97. The van der Waals surface area contributed by atoms with E-state index >= 15 is 0 Å². The fourth-order valence-electron chi connectivity index (χ4n) is 1.77. The van der Waals surface area contributed by atoms with Gasteiger partial charge >= 0.3 is 11.9 Å². The van der Waals surface area contributed by atoms with Gasteiger partial charge in [-0.15, -0.1) is 0 Å². The van der Waals surface area contributed by atoms with Crippen LogP contribution in [-0.4, -0.2) is 45.8 Å². The Kier molecular flexibility index (Phi) is 6.68. The Hall–Kier alpha value is -2.25. The zero-order valence-corrected chi connectivity index (χ0v) is 12.1. The number of rotatable bonds is 8. The van der Waals surface area contributed by atoms with Crippen LogP contribution < -0.4 is 0 Å². The molecule has 2 unspecified atom stereocenters. The van der Waals surface area contributed by atoms with Gasteiger partial charge in [0.15, 0.2) is 11.9 Å². The van der Waals surface area contributed by atoms with Gasteiger partial charge in [0.2, 0.25) is 0 Å². The van der Waals surface area contributed by atoms with Crippen LogP contribution in [0.25, 0.3) is 0 Å². The molecule has 1 rings (SSSR count). The number of hydrogen-bond acceptors (Lipinski definition) is 6. The molecule has 1 aromatic rings. The van der Waals surface area contributed by atoms with E-state index in [0.717, 1.165) is 0 Å². The topological polar surface area (TPSA) is 121 Å². The molecule has 22 heavy (non-hydrogen) atoms. The summed E-state index contributed by atoms with van der Waals surface area (Å²) in [6.45, 7) is 1.66. The number of carbonyl (C=O) groups excluding carboxylic acids is 2. The number of Topliss-reactive ketones (excluding diaryl/α,β-unsaturated/α-hetero) is 1. The fraction of sp³-hybridized carbons (Fsp3) is 0.400. The molecule has 0 saturated heterocycles. The van der Waals surface area contributed by atoms with Gasteiger partial charge in [-0.25, -0.2) is 4.79 Å². The van der Waals surface area contributed by atoms with Gasteiger partial charge in [0, 0.05) is 12.0 Å². The van der Waals surface area contributed by atoms with Gasteiger partial charge in [0.1, 0.15) is 6.10 Å². The molecular formula is C15H18O7. The number of aliphatic carboxylic acids is 1. The van der Waals surface area contributed by atoms with Crippen molar-refractivity contribution >= 4 is 17.7 Å². The average Bonchev–Trinajstić information content (AvgIpc) is 2.51. The third kappa shape index (κ3) is 4.94. The van der Waals surface area contributed by atoms with Crippen LogP contribution in [0.3, 0.4) is 0 Å². The fourth-order valence-corrected chi connectivity index (χ4v) is 1.77. The number of benzene rings is 1. The van der Waals surface area contributed by atoms with E-state index in [9.17, 15) is 24.6 Å². The second kappa shape index (κ2) is 8.26. The lowest BCUT2D eigenvalue weighted by atomic mass is 10.00. The lowest BCUT2D eigenvalue weighted by Gasteiger charge is -2.16. The number of hydrogen-bond donors (Lipinski definition) is 3. The van der Waals surface area contributed by atoms with Crippen LogP contribution in [0.15, 0.2) is 24.3 Å². The lowest BCUT2D eigenvalue weighted by molar-refractivity contribution is -0.159. The van der Waals surface area contributed by atoms with Crippen LogP contribution in [0.1, 0.15) is 41.8 Å². The molecule has 0 aliphatic rings. The van der Waals surface area contributed by atoms with Crippen LogP contribution in [-0.2, 0) is 14.3 Å². The van der Waals surface area contributed by atoms with Crippen molar-refractivity contribution in [3.63, 3.8) is 0 Å². The normalized spacial score (nSPS) is 13.2. The second-order valence-electron chi connectivity index (χ2n) is 4.58. The van der Waals surface area contributed by atoms with Crippen molar-refractivity contribution in [3.05, 3.63) is 35.4 Å². The van der Waals surface area contributed by atoms with Gasteiger partial charge in [0.05, 0.1) is 13.0 Å². The molecule has 0 spiro atoms. The highest BCUT2D eigenvalue weighted by molar-refractivity contribution is 5.97. The summed E-state index contributed by atoms with van der Waals surface area (Å²) in [6, 6.07) is 5.59. The van der Waals surface area contributed by atoms with E-state index in [2.05, 4.69) is 4.74 Å². The van der Waals surface area contributed by atoms with Crippen molar-refractivity contribution in [2.24, 2.45) is 0 Å². The molecule has 0 amide bonds. The van der Waals surface area contributed by atoms with Crippen LogP contribution in [0.5, 0.6) is 0 Å². The molecule has 2 atom stereocenters. The minimum absolute atomic E-state index is 0.0830. The molecule has 0 aromatic heterocycles. The predicted molar refractivity (Wildman–Crippen MR) is 75.2 cm³/mol. The zero-order chi connectivity index (χ0) is 16.7. The summed E-state index contributed by atoms with van der Waals surface area (Å²) in [7, 11) is 0. The molecule has 3 N–H and O–H groups in total. The monoisotopic (exact) mass is 310 g/mol. The zero-order valence-electron chi connectivity index (χ0n) is 12.1. The number of ether oxygens (including phenoxy) is 1. The average molecular weight is 310 g/mol. The Morgan fingerprint density at radius 2 is 1.68 bits per heavy atom. The number of esters is 1. The summed E-state index contributed by atoms with van der Waals surface area (Å²) in [5.74, 6) is -2.33. The number of aliphatic hydroxyl groups excluding tert-OH is 2. The smallest absolute Gasteiger partial charge is 0.338 e. The molecule has 0 saturated carbocycles. The van der Waals surface area contributed by atoms with E-state index in [1.807, 2.05) is 0 Å². The number of carboxylic acid groups (broad SMARTS) is 1. The number of carboxylic acids is 1. The van der Waals surface area contributed by atoms with Crippen LogP contribution in [0.2, 0.25) is 0 Å². The molecule has 0 fully saturated rings. The molecule has 120 valence electrons. The number of carbonyl (C=O) groups is 3. The Labute approximate surface area is 127 Å². The Morgan fingerprint density at radius 1 is 1.09 bits per heavy atom. The summed E-state index contributed by atoms with van der Waals surface area (Å²) < 4.78 is 4.60. The van der Waals surface area contributed by atoms with Gasteiger partial charge < -0.3 is 20.1 Å². The Bertz CT molecular complexity index is 535. The van der Waals surface area contributed by atoms with Crippen molar-refractivity contribution in [2.45, 2.75) is 32.0 Å². The third-order valence-electron chi connectivity index (χ3n) is 2.97. The Balaban J connectivity index is 2.73. The van der Waals surface area contributed by atoms with E-state index in [1.54, 1.807) is 6.92 Å². The largest absolute Gasteiger partial charge is 0.481 e. The molecule has 0 bridgehead atoms. The molecular weight excluding hydrogens is 292 g/mol. The van der Waals surface area contributed by atoms with E-state index in [1.165, 1.54) is 24.3 Å². The summed E-state index contributed by atoms with van der Waals surface area (Å²) in [4.78, 5) is 33.5. The van der Waals surface area contributed by atoms with E-state index in [4.69, 9.17) is 5.11 Å². The highest BCUT2D eigenvalue weighted by atomic mass is 16.5. The molecule has 0 aliphatic heterocycles. The van der Waals surface area contributed by atoms with Gasteiger partial charge in [-0.05, 0) is 12.5 Å². The lowest BCUT2D eigenvalue weighted by Crippen LogP contribution is -2.29. The minimum Gasteiger partial charge on any atom is -0.481 e. The highest BCUT2D eigenvalue weighted by Crippen LogP contribution is 2.19. The Morgan fingerprint density at radius 3 is 2.18 bits per heavy atom. The van der Waals surface area contributed by atoms with Gasteiger partial charge in [-0.3, -0.25) is 9.59 Å².